The number of hydrogen-bond acceptors (Lipinski definition) is 4. The lowest BCUT2D eigenvalue weighted by molar-refractivity contribution is -0.0687. The van der Waals surface area contributed by atoms with Gasteiger partial charge < -0.3 is 10.3 Å². The van der Waals surface area contributed by atoms with Crippen LogP contribution in [0.2, 0.25) is 0 Å². The lowest BCUT2D eigenvalue weighted by Crippen LogP contribution is -2.55. The van der Waals surface area contributed by atoms with E-state index in [1.54, 1.807) is 6.92 Å². The van der Waals surface area contributed by atoms with Crippen LogP contribution in [0.25, 0.3) is 10.2 Å². The van der Waals surface area contributed by atoms with E-state index < -0.39 is 0 Å². The van der Waals surface area contributed by atoms with Crippen LogP contribution in [0, 0.1) is 37.0 Å². The molecule has 4 bridgehead atoms. The molecule has 2 aromatic rings. The molecular formula is C21H27N3O2S. The van der Waals surface area contributed by atoms with Gasteiger partial charge in [0.15, 0.2) is 0 Å². The van der Waals surface area contributed by atoms with E-state index in [4.69, 9.17) is 0 Å². The number of H-pyrrole nitrogens is 1. The van der Waals surface area contributed by atoms with Gasteiger partial charge in [-0.2, -0.15) is 0 Å². The van der Waals surface area contributed by atoms with Crippen molar-refractivity contribution in [1.29, 1.82) is 0 Å². The first-order chi connectivity index (χ1) is 12.8. The Morgan fingerprint density at radius 2 is 1.78 bits per heavy atom. The zero-order valence-electron chi connectivity index (χ0n) is 16.2. The molecule has 2 N–H and O–H groups in total. The quantitative estimate of drug-likeness (QED) is 0.840. The maximum atomic E-state index is 13.1. The Labute approximate surface area is 163 Å². The van der Waals surface area contributed by atoms with E-state index in [1.807, 2.05) is 6.92 Å². The molecule has 1 atom stereocenters. The molecule has 5 nitrogen and oxygen atoms in total. The molecule has 6 rings (SSSR count). The highest BCUT2D eigenvalue weighted by Gasteiger charge is 2.53. The van der Waals surface area contributed by atoms with Gasteiger partial charge in [-0.15, -0.1) is 11.3 Å². The summed E-state index contributed by atoms with van der Waals surface area (Å²) < 4.78 is 0. The molecule has 0 radical (unpaired) electrons. The summed E-state index contributed by atoms with van der Waals surface area (Å²) in [4.78, 5) is 33.8. The Morgan fingerprint density at radius 3 is 2.37 bits per heavy atom. The van der Waals surface area contributed by atoms with E-state index in [0.29, 0.717) is 20.9 Å². The molecule has 4 saturated carbocycles. The molecule has 1 amide bonds. The predicted molar refractivity (Wildman–Crippen MR) is 107 cm³/mol. The van der Waals surface area contributed by atoms with Crippen LogP contribution in [0.15, 0.2) is 4.79 Å². The monoisotopic (exact) mass is 385 g/mol. The molecule has 0 aromatic carbocycles. The van der Waals surface area contributed by atoms with Gasteiger partial charge in [-0.05, 0) is 88.0 Å². The first kappa shape index (κ1) is 17.4. The molecule has 6 heteroatoms. The number of aromatic nitrogens is 2. The van der Waals surface area contributed by atoms with Gasteiger partial charge in [-0.25, -0.2) is 4.98 Å². The van der Waals surface area contributed by atoms with Gasteiger partial charge in [0.2, 0.25) is 0 Å². The molecule has 4 fully saturated rings. The smallest absolute Gasteiger partial charge is 0.261 e. The number of fused-ring (bicyclic) bond motifs is 1. The van der Waals surface area contributed by atoms with Crippen LogP contribution in [0.1, 0.15) is 66.5 Å². The number of nitrogens with zero attached hydrogens (tertiary/aromatic N) is 1. The van der Waals surface area contributed by atoms with Crippen molar-refractivity contribution in [2.75, 3.05) is 0 Å². The molecule has 2 heterocycles. The van der Waals surface area contributed by atoms with Gasteiger partial charge in [0.1, 0.15) is 10.7 Å². The van der Waals surface area contributed by atoms with Crippen molar-refractivity contribution >= 4 is 27.5 Å². The second-order valence-electron chi connectivity index (χ2n) is 9.36. The van der Waals surface area contributed by atoms with Crippen LogP contribution in [0.5, 0.6) is 0 Å². The SMILES string of the molecule is Cc1nc2sc(C(=O)N[C@H](C)C34CC5CC(CC(C5)C3)C4)c(C)c2c(=O)[nH]1. The molecule has 4 aliphatic carbocycles. The second kappa shape index (κ2) is 5.90. The number of amides is 1. The summed E-state index contributed by atoms with van der Waals surface area (Å²) in [5.74, 6) is 3.14. The summed E-state index contributed by atoms with van der Waals surface area (Å²) in [5, 5.41) is 3.87. The highest BCUT2D eigenvalue weighted by atomic mass is 32.1. The van der Waals surface area contributed by atoms with Crippen molar-refractivity contribution in [3.63, 3.8) is 0 Å². The van der Waals surface area contributed by atoms with Crippen LogP contribution in [-0.4, -0.2) is 21.9 Å². The third-order valence-corrected chi connectivity index (χ3v) is 8.66. The molecule has 144 valence electrons. The molecule has 27 heavy (non-hydrogen) atoms. The predicted octanol–water partition coefficient (Wildman–Crippen LogP) is 3.94. The van der Waals surface area contributed by atoms with Gasteiger partial charge >= 0.3 is 0 Å². The third kappa shape index (κ3) is 2.67. The summed E-state index contributed by atoms with van der Waals surface area (Å²) in [6, 6.07) is 0.177. The van der Waals surface area contributed by atoms with Crippen LogP contribution in [0.4, 0.5) is 0 Å². The third-order valence-electron chi connectivity index (χ3n) is 7.48. The molecule has 4 aliphatic rings. The van der Waals surface area contributed by atoms with Crippen LogP contribution < -0.4 is 10.9 Å². The number of carbonyl (C=O) groups is 1. The number of aromatic amines is 1. The van der Waals surface area contributed by atoms with E-state index >= 15 is 0 Å². The zero-order chi connectivity index (χ0) is 18.9. The molecule has 0 aliphatic heterocycles. The first-order valence-electron chi connectivity index (χ1n) is 10.2. The minimum absolute atomic E-state index is 0.0456. The number of aryl methyl sites for hydroxylation is 2. The van der Waals surface area contributed by atoms with Crippen LogP contribution in [-0.2, 0) is 0 Å². The van der Waals surface area contributed by atoms with Crippen molar-refractivity contribution < 1.29 is 4.79 Å². The van der Waals surface area contributed by atoms with E-state index in [2.05, 4.69) is 22.2 Å². The topological polar surface area (TPSA) is 74.8 Å². The number of carbonyl (C=O) groups excluding carboxylic acids is 1. The van der Waals surface area contributed by atoms with Crippen molar-refractivity contribution in [3.05, 3.63) is 26.6 Å². The average Bonchev–Trinajstić information content (AvgIpc) is 2.90. The summed E-state index contributed by atoms with van der Waals surface area (Å²) in [5.41, 5.74) is 0.875. The van der Waals surface area contributed by atoms with Gasteiger partial charge in [-0.3, -0.25) is 9.59 Å². The average molecular weight is 386 g/mol. The van der Waals surface area contributed by atoms with Crippen LogP contribution in [0.3, 0.4) is 0 Å². The molecule has 0 unspecified atom stereocenters. The van der Waals surface area contributed by atoms with Gasteiger partial charge in [-0.1, -0.05) is 0 Å². The number of rotatable bonds is 3. The summed E-state index contributed by atoms with van der Waals surface area (Å²) >= 11 is 1.34. The second-order valence-corrected chi connectivity index (χ2v) is 10.4. The highest BCUT2D eigenvalue weighted by molar-refractivity contribution is 7.20. The molecular weight excluding hydrogens is 358 g/mol. The Balaban J connectivity index is 1.42. The fraction of sp³-hybridized carbons (Fsp3) is 0.667. The van der Waals surface area contributed by atoms with Gasteiger partial charge in [0.05, 0.1) is 10.3 Å². The van der Waals surface area contributed by atoms with E-state index in [1.165, 1.54) is 49.9 Å². The highest BCUT2D eigenvalue weighted by Crippen LogP contribution is 2.61. The minimum Gasteiger partial charge on any atom is -0.348 e. The molecule has 0 spiro atoms. The summed E-state index contributed by atoms with van der Waals surface area (Å²) in [6.07, 6.45) is 8.03. The number of nitrogens with one attached hydrogen (secondary N) is 2. The van der Waals surface area contributed by atoms with Crippen molar-refractivity contribution in [3.8, 4) is 0 Å². The fourth-order valence-corrected chi connectivity index (χ4v) is 7.72. The van der Waals surface area contributed by atoms with Crippen molar-refractivity contribution in [1.82, 2.24) is 15.3 Å². The Morgan fingerprint density at radius 1 is 1.19 bits per heavy atom. The number of hydrogen-bond donors (Lipinski definition) is 2. The van der Waals surface area contributed by atoms with E-state index in [9.17, 15) is 9.59 Å². The maximum absolute atomic E-state index is 13.1. The summed E-state index contributed by atoms with van der Waals surface area (Å²) in [6.45, 7) is 5.82. The summed E-state index contributed by atoms with van der Waals surface area (Å²) in [7, 11) is 0. The lowest BCUT2D eigenvalue weighted by atomic mass is 9.48. The standard InChI is InChI=1S/C21H27N3O2S/c1-10-16-18(25)23-12(3)24-20(16)27-17(10)19(26)22-11(2)21-7-13-4-14(8-21)6-15(5-13)9-21/h11,13-15H,4-9H2,1-3H3,(H,22,26)(H,23,24,25)/t11-,13?,14?,15?,21?/m1/s1. The lowest BCUT2D eigenvalue weighted by Gasteiger charge is -2.59. The maximum Gasteiger partial charge on any atom is 0.261 e. The largest absolute Gasteiger partial charge is 0.348 e. The Hall–Kier alpha value is -1.69. The molecule has 2 aromatic heterocycles. The van der Waals surface area contributed by atoms with E-state index in [0.717, 1.165) is 23.3 Å². The number of thiophene rings is 1. The Bertz CT molecular complexity index is 954. The van der Waals surface area contributed by atoms with Crippen LogP contribution >= 0.6 is 11.3 Å². The normalized spacial score (nSPS) is 32.8. The first-order valence-corrected chi connectivity index (χ1v) is 11.0. The zero-order valence-corrected chi connectivity index (χ0v) is 17.0. The van der Waals surface area contributed by atoms with Crippen molar-refractivity contribution in [2.24, 2.45) is 23.2 Å². The minimum atomic E-state index is -0.153. The van der Waals surface area contributed by atoms with Gasteiger partial charge in [0, 0.05) is 6.04 Å². The van der Waals surface area contributed by atoms with E-state index in [-0.39, 0.29) is 22.9 Å². The Kier molecular flexibility index (Phi) is 3.81. The van der Waals surface area contributed by atoms with Gasteiger partial charge in [0.25, 0.3) is 11.5 Å². The van der Waals surface area contributed by atoms with Crippen molar-refractivity contribution in [2.45, 2.75) is 65.3 Å². The fourth-order valence-electron chi connectivity index (χ4n) is 6.59. The molecule has 0 saturated heterocycles.